The molecule has 1 amide bonds. The summed E-state index contributed by atoms with van der Waals surface area (Å²) in [6, 6.07) is 0. The first-order valence-electron chi connectivity index (χ1n) is 8.32. The Labute approximate surface area is 141 Å². The average molecular weight is 397 g/mol. The first-order chi connectivity index (χ1) is 9.95. The number of nitrogens with one attached hydrogen (secondary N) is 1. The maximum absolute atomic E-state index is 11.7. The predicted octanol–water partition coefficient (Wildman–Crippen LogP) is 4.56. The van der Waals surface area contributed by atoms with Gasteiger partial charge < -0.3 is 5.32 Å². The molecule has 1 heterocycles. The van der Waals surface area contributed by atoms with Gasteiger partial charge in [0.2, 0.25) is 5.91 Å². The van der Waals surface area contributed by atoms with E-state index in [1.165, 1.54) is 25.0 Å². The molecule has 114 valence electrons. The van der Waals surface area contributed by atoms with Crippen molar-refractivity contribution in [2.24, 2.45) is 28.6 Å². The maximum atomic E-state index is 11.7. The number of carbonyl (C=O) groups excluding carboxylic acids is 1. The predicted molar refractivity (Wildman–Crippen MR) is 92.7 cm³/mol. The Morgan fingerprint density at radius 2 is 1.95 bits per heavy atom. The average Bonchev–Trinajstić information content (AvgIpc) is 2.76. The summed E-state index contributed by atoms with van der Waals surface area (Å²) in [7, 11) is 0. The van der Waals surface area contributed by atoms with E-state index < -0.39 is 0 Å². The van der Waals surface area contributed by atoms with Gasteiger partial charge in [-0.05, 0) is 76.0 Å². The number of allylic oxidation sites excluding steroid dienone is 4. The second-order valence-corrected chi connectivity index (χ2v) is 9.10. The molecule has 2 fully saturated rings. The molecular formula is C18H24INO. The third kappa shape index (κ3) is 1.85. The summed E-state index contributed by atoms with van der Waals surface area (Å²) in [5.74, 6) is 2.59. The van der Waals surface area contributed by atoms with Gasteiger partial charge in [-0.2, -0.15) is 0 Å². The molecule has 0 aromatic carbocycles. The molecule has 4 aliphatic rings. The van der Waals surface area contributed by atoms with Crippen molar-refractivity contribution in [3.05, 3.63) is 21.4 Å². The quantitative estimate of drug-likeness (QED) is 0.597. The zero-order chi connectivity index (χ0) is 14.8. The highest BCUT2D eigenvalue weighted by Crippen LogP contribution is 2.64. The van der Waals surface area contributed by atoms with Crippen LogP contribution < -0.4 is 5.32 Å². The van der Waals surface area contributed by atoms with E-state index >= 15 is 0 Å². The SMILES string of the molecule is C[C@]12CCC(=O)NC1=CC[C@@H]1[C@@H]2CC[C@]2(C)C(I)=CC[C@@H]12. The molecule has 0 bridgehead atoms. The molecular weight excluding hydrogens is 373 g/mol. The minimum Gasteiger partial charge on any atom is -0.330 e. The minimum atomic E-state index is 0.214. The largest absolute Gasteiger partial charge is 0.330 e. The van der Waals surface area contributed by atoms with Gasteiger partial charge in [-0.1, -0.05) is 26.0 Å². The molecule has 21 heavy (non-hydrogen) atoms. The Hall–Kier alpha value is -0.320. The number of rotatable bonds is 0. The van der Waals surface area contributed by atoms with Crippen molar-refractivity contribution in [1.82, 2.24) is 5.32 Å². The fraction of sp³-hybridized carbons (Fsp3) is 0.722. The number of carbonyl (C=O) groups is 1. The van der Waals surface area contributed by atoms with Crippen molar-refractivity contribution in [3.8, 4) is 0 Å². The highest BCUT2D eigenvalue weighted by molar-refractivity contribution is 14.1. The van der Waals surface area contributed by atoms with Crippen molar-refractivity contribution in [3.63, 3.8) is 0 Å². The summed E-state index contributed by atoms with van der Waals surface area (Å²) >= 11 is 2.58. The molecule has 0 radical (unpaired) electrons. The van der Waals surface area contributed by atoms with E-state index in [2.05, 4.69) is 53.9 Å². The number of hydrogen-bond donors (Lipinski definition) is 1. The minimum absolute atomic E-state index is 0.214. The highest BCUT2D eigenvalue weighted by atomic mass is 127. The molecule has 1 N–H and O–H groups in total. The Bertz CT molecular complexity index is 566. The maximum Gasteiger partial charge on any atom is 0.224 e. The van der Waals surface area contributed by atoms with Gasteiger partial charge >= 0.3 is 0 Å². The lowest BCUT2D eigenvalue weighted by atomic mass is 9.50. The summed E-state index contributed by atoms with van der Waals surface area (Å²) in [5.41, 5.74) is 1.89. The molecule has 1 saturated heterocycles. The second kappa shape index (κ2) is 4.59. The van der Waals surface area contributed by atoms with E-state index in [0.717, 1.165) is 30.6 Å². The van der Waals surface area contributed by atoms with Crippen LogP contribution in [0.4, 0.5) is 0 Å². The van der Waals surface area contributed by atoms with Crippen LogP contribution in [-0.2, 0) is 4.79 Å². The standard InChI is InChI=1S/C18H24INO/c1-17-9-7-13-11(12(17)4-5-14(17)19)3-6-15-18(13,2)10-8-16(21)20-15/h5-6,11-13H,3-4,7-10H2,1-2H3,(H,20,21)/t11-,12-,13-,17-,18+/m0/s1. The summed E-state index contributed by atoms with van der Waals surface area (Å²) in [6.07, 6.45) is 11.7. The molecule has 3 aliphatic carbocycles. The molecule has 0 unspecified atom stereocenters. The van der Waals surface area contributed by atoms with Gasteiger partial charge in [-0.3, -0.25) is 4.79 Å². The van der Waals surface area contributed by atoms with E-state index in [0.29, 0.717) is 11.8 Å². The number of halogens is 1. The Morgan fingerprint density at radius 3 is 2.76 bits per heavy atom. The Kier molecular flexibility index (Phi) is 3.12. The van der Waals surface area contributed by atoms with Crippen molar-refractivity contribution in [2.45, 2.75) is 52.4 Å². The van der Waals surface area contributed by atoms with Crippen LogP contribution in [0.5, 0.6) is 0 Å². The zero-order valence-corrected chi connectivity index (χ0v) is 15.1. The monoisotopic (exact) mass is 397 g/mol. The van der Waals surface area contributed by atoms with Gasteiger partial charge in [0.15, 0.2) is 0 Å². The van der Waals surface area contributed by atoms with Crippen LogP contribution in [0.1, 0.15) is 52.4 Å². The fourth-order valence-electron chi connectivity index (χ4n) is 5.71. The van der Waals surface area contributed by atoms with Crippen molar-refractivity contribution in [2.75, 3.05) is 0 Å². The molecule has 0 spiro atoms. The highest BCUT2D eigenvalue weighted by Gasteiger charge is 2.56. The van der Waals surface area contributed by atoms with E-state index in [1.54, 1.807) is 3.58 Å². The number of fused-ring (bicyclic) bond motifs is 5. The number of hydrogen-bond acceptors (Lipinski definition) is 1. The molecule has 0 aromatic heterocycles. The third-order valence-electron chi connectivity index (χ3n) is 7.10. The fourth-order valence-corrected chi connectivity index (χ4v) is 6.63. The topological polar surface area (TPSA) is 29.1 Å². The molecule has 4 rings (SSSR count). The first-order valence-corrected chi connectivity index (χ1v) is 9.40. The summed E-state index contributed by atoms with van der Waals surface area (Å²) < 4.78 is 1.60. The molecule has 1 saturated carbocycles. The van der Waals surface area contributed by atoms with Crippen LogP contribution in [0.15, 0.2) is 21.4 Å². The van der Waals surface area contributed by atoms with Crippen molar-refractivity contribution >= 4 is 28.5 Å². The molecule has 5 atom stereocenters. The van der Waals surface area contributed by atoms with Gasteiger partial charge in [-0.15, -0.1) is 0 Å². The van der Waals surface area contributed by atoms with Crippen LogP contribution in [-0.4, -0.2) is 5.91 Å². The molecule has 0 aromatic rings. The van der Waals surface area contributed by atoms with Gasteiger partial charge in [-0.25, -0.2) is 0 Å². The molecule has 3 heteroatoms. The molecule has 2 nitrogen and oxygen atoms in total. The van der Waals surface area contributed by atoms with Crippen LogP contribution in [0.3, 0.4) is 0 Å². The van der Waals surface area contributed by atoms with E-state index in [-0.39, 0.29) is 11.3 Å². The van der Waals surface area contributed by atoms with E-state index in [4.69, 9.17) is 0 Å². The third-order valence-corrected chi connectivity index (χ3v) is 8.77. The van der Waals surface area contributed by atoms with E-state index in [1.807, 2.05) is 0 Å². The van der Waals surface area contributed by atoms with Crippen LogP contribution in [0.2, 0.25) is 0 Å². The normalized spacial score (nSPS) is 48.5. The lowest BCUT2D eigenvalue weighted by Gasteiger charge is -2.56. The van der Waals surface area contributed by atoms with Crippen molar-refractivity contribution in [1.29, 1.82) is 0 Å². The van der Waals surface area contributed by atoms with Crippen LogP contribution >= 0.6 is 22.6 Å². The van der Waals surface area contributed by atoms with Gasteiger partial charge in [0, 0.05) is 22.9 Å². The smallest absolute Gasteiger partial charge is 0.224 e. The lowest BCUT2D eigenvalue weighted by molar-refractivity contribution is -0.124. The zero-order valence-electron chi connectivity index (χ0n) is 12.9. The van der Waals surface area contributed by atoms with Crippen LogP contribution in [0.25, 0.3) is 0 Å². The number of piperidine rings is 1. The lowest BCUT2D eigenvalue weighted by Crippen LogP contribution is -2.52. The summed E-state index contributed by atoms with van der Waals surface area (Å²) in [5, 5.41) is 3.18. The Morgan fingerprint density at radius 1 is 1.14 bits per heavy atom. The second-order valence-electron chi connectivity index (χ2n) is 7.94. The first kappa shape index (κ1) is 14.3. The van der Waals surface area contributed by atoms with Gasteiger partial charge in [0.25, 0.3) is 0 Å². The van der Waals surface area contributed by atoms with Gasteiger partial charge in [0.05, 0.1) is 0 Å². The van der Waals surface area contributed by atoms with Crippen LogP contribution in [0, 0.1) is 28.6 Å². The molecule has 1 aliphatic heterocycles. The van der Waals surface area contributed by atoms with Gasteiger partial charge in [0.1, 0.15) is 0 Å². The van der Waals surface area contributed by atoms with E-state index in [9.17, 15) is 4.79 Å². The Balaban J connectivity index is 1.70. The summed E-state index contributed by atoms with van der Waals surface area (Å²) in [4.78, 5) is 11.7. The number of amides is 1. The summed E-state index contributed by atoms with van der Waals surface area (Å²) in [6.45, 7) is 4.90. The van der Waals surface area contributed by atoms with Crippen molar-refractivity contribution < 1.29 is 4.79 Å².